The van der Waals surface area contributed by atoms with E-state index in [4.69, 9.17) is 11.6 Å². The molecule has 3 rings (SSSR count). The third-order valence-corrected chi connectivity index (χ3v) is 6.22. The van der Waals surface area contributed by atoms with Crippen molar-refractivity contribution < 1.29 is 24.7 Å². The number of carbonyl (C=O) groups is 2. The maximum atomic E-state index is 13.1. The molecule has 0 aliphatic heterocycles. The largest absolute Gasteiger partial charge is 0.512 e. The number of benzene rings is 1. The summed E-state index contributed by atoms with van der Waals surface area (Å²) < 4.78 is 0. The average Bonchev–Trinajstić information content (AvgIpc) is 2.57. The molecular weight excluding hydrogens is 422 g/mol. The zero-order chi connectivity index (χ0) is 23.3. The number of ketones is 2. The van der Waals surface area contributed by atoms with Gasteiger partial charge in [0.2, 0.25) is 0 Å². The molecule has 0 spiro atoms. The number of rotatable bonds is 4. The van der Waals surface area contributed by atoms with Gasteiger partial charge >= 0.3 is 0 Å². The van der Waals surface area contributed by atoms with Crippen LogP contribution in [0.1, 0.15) is 64.9 Å². The van der Waals surface area contributed by atoms with E-state index in [1.54, 1.807) is 0 Å². The lowest BCUT2D eigenvalue weighted by Crippen LogP contribution is -2.33. The first-order chi connectivity index (χ1) is 14.2. The minimum Gasteiger partial charge on any atom is -0.512 e. The summed E-state index contributed by atoms with van der Waals surface area (Å²) in [5, 5.41) is 33.2. The van der Waals surface area contributed by atoms with E-state index < -0.39 is 21.7 Å². The summed E-state index contributed by atoms with van der Waals surface area (Å²) in [6, 6.07) is 3.75. The molecule has 0 atom stereocenters. The summed E-state index contributed by atoms with van der Waals surface area (Å²) in [4.78, 5) is 37.0. The summed E-state index contributed by atoms with van der Waals surface area (Å²) in [6.07, 6.45) is 0.655. The molecule has 2 aliphatic carbocycles. The lowest BCUT2D eigenvalue weighted by Gasteiger charge is -2.36. The molecule has 1 aromatic carbocycles. The van der Waals surface area contributed by atoms with Gasteiger partial charge in [-0.25, -0.2) is 0 Å². The molecule has 7 nitrogen and oxygen atoms in total. The summed E-state index contributed by atoms with van der Waals surface area (Å²) >= 11 is 6.38. The smallest absolute Gasteiger partial charge is 0.269 e. The number of nitro benzene ring substituents is 1. The van der Waals surface area contributed by atoms with E-state index in [1.165, 1.54) is 18.2 Å². The molecule has 0 bridgehead atoms. The van der Waals surface area contributed by atoms with Gasteiger partial charge in [-0.2, -0.15) is 0 Å². The lowest BCUT2D eigenvalue weighted by atomic mass is 9.67. The van der Waals surface area contributed by atoms with Crippen LogP contribution in [0.2, 0.25) is 5.02 Å². The molecule has 0 saturated carbocycles. The maximum absolute atomic E-state index is 13.1. The molecule has 166 valence electrons. The zero-order valence-electron chi connectivity index (χ0n) is 18.0. The first kappa shape index (κ1) is 23.0. The van der Waals surface area contributed by atoms with Crippen molar-refractivity contribution in [1.82, 2.24) is 0 Å². The van der Waals surface area contributed by atoms with Crippen molar-refractivity contribution in [2.24, 2.45) is 10.8 Å². The van der Waals surface area contributed by atoms with Gasteiger partial charge in [0.15, 0.2) is 11.6 Å². The van der Waals surface area contributed by atoms with Crippen LogP contribution in [0.15, 0.2) is 40.9 Å². The van der Waals surface area contributed by atoms with E-state index in [0.717, 1.165) is 0 Å². The summed E-state index contributed by atoms with van der Waals surface area (Å²) in [5.41, 5.74) is -1.14. The number of allylic oxidation sites excluding steroid dienone is 4. The highest BCUT2D eigenvalue weighted by Crippen LogP contribution is 2.49. The van der Waals surface area contributed by atoms with Gasteiger partial charge in [-0.1, -0.05) is 39.3 Å². The maximum Gasteiger partial charge on any atom is 0.269 e. The predicted molar refractivity (Wildman–Crippen MR) is 116 cm³/mol. The number of hydrogen-bond acceptors (Lipinski definition) is 6. The van der Waals surface area contributed by atoms with Gasteiger partial charge in [-0.05, 0) is 22.5 Å². The number of Topliss-reactive ketones (excluding diaryl/α,β-unsaturated/α-hetero) is 2. The van der Waals surface area contributed by atoms with Crippen LogP contribution < -0.4 is 0 Å². The molecule has 2 N–H and O–H groups in total. The van der Waals surface area contributed by atoms with Crippen LogP contribution in [0.5, 0.6) is 0 Å². The molecule has 0 amide bonds. The van der Waals surface area contributed by atoms with Crippen molar-refractivity contribution in [3.63, 3.8) is 0 Å². The topological polar surface area (TPSA) is 118 Å². The summed E-state index contributed by atoms with van der Waals surface area (Å²) in [5.74, 6) is -2.31. The van der Waals surface area contributed by atoms with Crippen molar-refractivity contribution in [3.8, 4) is 0 Å². The summed E-state index contributed by atoms with van der Waals surface area (Å²) in [7, 11) is 0. The Labute approximate surface area is 185 Å². The fraction of sp³-hybridized carbons (Fsp3) is 0.478. The number of aliphatic hydroxyl groups is 2. The van der Waals surface area contributed by atoms with Crippen molar-refractivity contribution in [3.05, 3.63) is 61.6 Å². The molecule has 0 fully saturated rings. The zero-order valence-corrected chi connectivity index (χ0v) is 18.7. The van der Waals surface area contributed by atoms with Gasteiger partial charge in [0.05, 0.1) is 4.92 Å². The number of halogens is 1. The Morgan fingerprint density at radius 2 is 1.39 bits per heavy atom. The highest BCUT2D eigenvalue weighted by atomic mass is 35.5. The fourth-order valence-electron chi connectivity index (χ4n) is 4.58. The molecule has 0 unspecified atom stereocenters. The van der Waals surface area contributed by atoms with E-state index in [-0.39, 0.29) is 76.2 Å². The van der Waals surface area contributed by atoms with Crippen molar-refractivity contribution >= 4 is 28.9 Å². The Morgan fingerprint density at radius 1 is 0.935 bits per heavy atom. The third-order valence-electron chi connectivity index (χ3n) is 5.87. The van der Waals surface area contributed by atoms with Gasteiger partial charge in [-0.15, -0.1) is 0 Å². The molecule has 8 heteroatoms. The van der Waals surface area contributed by atoms with Crippen LogP contribution in [0, 0.1) is 20.9 Å². The lowest BCUT2D eigenvalue weighted by molar-refractivity contribution is -0.384. The van der Waals surface area contributed by atoms with Crippen molar-refractivity contribution in [2.45, 2.75) is 59.3 Å². The molecule has 31 heavy (non-hydrogen) atoms. The van der Waals surface area contributed by atoms with E-state index in [2.05, 4.69) is 0 Å². The van der Waals surface area contributed by atoms with Crippen LogP contribution in [0.4, 0.5) is 5.69 Å². The Balaban J connectivity index is 2.32. The van der Waals surface area contributed by atoms with Crippen molar-refractivity contribution in [2.75, 3.05) is 0 Å². The molecule has 0 saturated heterocycles. The van der Waals surface area contributed by atoms with Crippen LogP contribution in [-0.4, -0.2) is 26.7 Å². The Bertz CT molecular complexity index is 998. The minimum absolute atomic E-state index is 0.0312. The minimum atomic E-state index is -1.18. The quantitative estimate of drug-likeness (QED) is 0.449. The molecule has 0 heterocycles. The first-order valence-electron chi connectivity index (χ1n) is 10.1. The van der Waals surface area contributed by atoms with Crippen molar-refractivity contribution in [1.29, 1.82) is 0 Å². The van der Waals surface area contributed by atoms with Gasteiger partial charge in [0.1, 0.15) is 11.5 Å². The normalized spacial score (nSPS) is 21.1. The number of nitrogens with zero attached hydrogens (tertiary/aromatic N) is 1. The standard InChI is InChI=1S/C23H26ClNO6/c1-22(2)8-15(26)20(16(27)9-22)19(13-7-12(25(30)31)5-6-14(13)24)21-17(28)10-23(3,4)11-18(21)29/h5-7,19,26,28H,8-11H2,1-4H3. The highest BCUT2D eigenvalue weighted by molar-refractivity contribution is 6.31. The Kier molecular flexibility index (Phi) is 5.78. The number of non-ortho nitro benzene ring substituents is 1. The molecule has 1 aromatic rings. The molecular formula is C23H26ClNO6. The SMILES string of the molecule is CC1(C)CC(=O)C(C(C2=C(O)CC(C)(C)CC2=O)c2cc([N+](=O)[O-])ccc2Cl)=C(O)C1. The second kappa shape index (κ2) is 7.79. The fourth-order valence-corrected chi connectivity index (χ4v) is 4.81. The third kappa shape index (κ3) is 4.51. The average molecular weight is 448 g/mol. The van der Waals surface area contributed by atoms with E-state index >= 15 is 0 Å². The Hall–Kier alpha value is -2.67. The van der Waals surface area contributed by atoms with Gasteiger partial charge in [0, 0.05) is 59.9 Å². The van der Waals surface area contributed by atoms with Gasteiger partial charge in [0.25, 0.3) is 5.69 Å². The molecule has 0 aromatic heterocycles. The number of hydrogen-bond donors (Lipinski definition) is 2. The number of nitro groups is 1. The number of aliphatic hydroxyl groups excluding tert-OH is 2. The monoisotopic (exact) mass is 447 g/mol. The van der Waals surface area contributed by atoms with Crippen LogP contribution >= 0.6 is 11.6 Å². The number of carbonyl (C=O) groups excluding carboxylic acids is 2. The van der Waals surface area contributed by atoms with Crippen LogP contribution in [0.3, 0.4) is 0 Å². The predicted octanol–water partition coefficient (Wildman–Crippen LogP) is 5.73. The van der Waals surface area contributed by atoms with Crippen LogP contribution in [-0.2, 0) is 9.59 Å². The van der Waals surface area contributed by atoms with Gasteiger partial charge < -0.3 is 10.2 Å². The second-order valence-electron chi connectivity index (χ2n) is 10.00. The second-order valence-corrected chi connectivity index (χ2v) is 10.4. The first-order valence-corrected chi connectivity index (χ1v) is 10.4. The Morgan fingerprint density at radius 3 is 1.77 bits per heavy atom. The van der Waals surface area contributed by atoms with E-state index in [0.29, 0.717) is 0 Å². The molecule has 0 radical (unpaired) electrons. The summed E-state index contributed by atoms with van der Waals surface area (Å²) in [6.45, 7) is 7.38. The van der Waals surface area contributed by atoms with Crippen LogP contribution in [0.25, 0.3) is 0 Å². The van der Waals surface area contributed by atoms with E-state index in [1.807, 2.05) is 27.7 Å². The van der Waals surface area contributed by atoms with E-state index in [9.17, 15) is 29.9 Å². The molecule has 2 aliphatic rings. The van der Waals surface area contributed by atoms with Gasteiger partial charge in [-0.3, -0.25) is 19.7 Å². The highest BCUT2D eigenvalue weighted by Gasteiger charge is 2.44.